The molecule has 0 spiro atoms. The van der Waals surface area contributed by atoms with Crippen LogP contribution in [0.1, 0.15) is 37.3 Å². The van der Waals surface area contributed by atoms with Gasteiger partial charge in [0.2, 0.25) is 0 Å². The third-order valence-corrected chi connectivity index (χ3v) is 5.24. The molecular formula is C19H23NO3. The topological polar surface area (TPSA) is 42.7 Å². The lowest BCUT2D eigenvalue weighted by Crippen LogP contribution is -2.43. The number of piperidine rings is 1. The van der Waals surface area contributed by atoms with Crippen LogP contribution in [0.5, 0.6) is 5.75 Å². The highest BCUT2D eigenvalue weighted by Crippen LogP contribution is 2.39. The highest BCUT2D eigenvalue weighted by molar-refractivity contribution is 5.87. The molecule has 2 aliphatic heterocycles. The summed E-state index contributed by atoms with van der Waals surface area (Å²) in [5, 5.41) is 0.969. The van der Waals surface area contributed by atoms with Crippen LogP contribution in [0.25, 0.3) is 11.0 Å². The largest absolute Gasteiger partial charge is 0.485 e. The van der Waals surface area contributed by atoms with E-state index in [4.69, 9.17) is 9.15 Å². The highest BCUT2D eigenvalue weighted by atomic mass is 16.5. The molecule has 2 atom stereocenters. The quantitative estimate of drug-likeness (QED) is 0.816. The fraction of sp³-hybridized carbons (Fsp3) is 0.526. The number of benzene rings is 1. The van der Waals surface area contributed by atoms with Gasteiger partial charge in [-0.15, -0.1) is 0 Å². The normalized spacial score (nSPS) is 26.6. The van der Waals surface area contributed by atoms with Gasteiger partial charge in [0.05, 0.1) is 5.39 Å². The average molecular weight is 313 g/mol. The van der Waals surface area contributed by atoms with Crippen molar-refractivity contribution in [3.05, 3.63) is 39.7 Å². The van der Waals surface area contributed by atoms with E-state index in [1.165, 1.54) is 13.0 Å². The first-order chi connectivity index (χ1) is 11.1. The Labute approximate surface area is 136 Å². The van der Waals surface area contributed by atoms with Gasteiger partial charge in [0.25, 0.3) is 0 Å². The summed E-state index contributed by atoms with van der Waals surface area (Å²) >= 11 is 0. The summed E-state index contributed by atoms with van der Waals surface area (Å²) in [6, 6.07) is 5.62. The van der Waals surface area contributed by atoms with E-state index in [1.54, 1.807) is 6.07 Å². The van der Waals surface area contributed by atoms with Crippen molar-refractivity contribution in [1.29, 1.82) is 0 Å². The van der Waals surface area contributed by atoms with E-state index < -0.39 is 0 Å². The summed E-state index contributed by atoms with van der Waals surface area (Å²) in [5.41, 5.74) is 2.36. The molecule has 0 aliphatic carbocycles. The lowest BCUT2D eigenvalue weighted by atomic mass is 9.94. The number of ether oxygens (including phenoxy) is 1. The summed E-state index contributed by atoms with van der Waals surface area (Å²) < 4.78 is 12.1. The Morgan fingerprint density at radius 3 is 2.96 bits per heavy atom. The Kier molecular flexibility index (Phi) is 3.45. The van der Waals surface area contributed by atoms with Gasteiger partial charge in [-0.1, -0.05) is 6.92 Å². The van der Waals surface area contributed by atoms with E-state index in [9.17, 15) is 4.79 Å². The van der Waals surface area contributed by atoms with Crippen molar-refractivity contribution in [2.45, 2.75) is 45.1 Å². The molecule has 4 nitrogen and oxygen atoms in total. The molecule has 23 heavy (non-hydrogen) atoms. The van der Waals surface area contributed by atoms with Crippen molar-refractivity contribution in [1.82, 2.24) is 4.90 Å². The zero-order valence-corrected chi connectivity index (χ0v) is 13.9. The number of nitrogens with zero attached hydrogens (tertiary/aromatic N) is 1. The summed E-state index contributed by atoms with van der Waals surface area (Å²) in [6.07, 6.45) is 4.18. The van der Waals surface area contributed by atoms with Crippen LogP contribution in [-0.4, -0.2) is 30.1 Å². The fourth-order valence-corrected chi connectivity index (χ4v) is 4.14. The van der Waals surface area contributed by atoms with E-state index in [0.29, 0.717) is 5.58 Å². The van der Waals surface area contributed by atoms with Crippen molar-refractivity contribution in [3.63, 3.8) is 0 Å². The molecule has 0 saturated carbocycles. The minimum absolute atomic E-state index is 0.0693. The Balaban J connectivity index is 1.84. The van der Waals surface area contributed by atoms with Crippen LogP contribution in [0.2, 0.25) is 0 Å². The monoisotopic (exact) mass is 313 g/mol. The first-order valence-electron chi connectivity index (χ1n) is 8.57. The van der Waals surface area contributed by atoms with Gasteiger partial charge in [-0.25, -0.2) is 4.79 Å². The van der Waals surface area contributed by atoms with Gasteiger partial charge in [0, 0.05) is 25.6 Å². The van der Waals surface area contributed by atoms with Crippen LogP contribution < -0.4 is 10.4 Å². The van der Waals surface area contributed by atoms with Crippen molar-refractivity contribution < 1.29 is 9.15 Å². The smallest absolute Gasteiger partial charge is 0.336 e. The molecule has 122 valence electrons. The van der Waals surface area contributed by atoms with Gasteiger partial charge in [0.15, 0.2) is 0 Å². The summed E-state index contributed by atoms with van der Waals surface area (Å²) in [5.74, 6) is 0.879. The maximum Gasteiger partial charge on any atom is 0.336 e. The summed E-state index contributed by atoms with van der Waals surface area (Å²) in [4.78, 5) is 14.3. The van der Waals surface area contributed by atoms with E-state index in [0.717, 1.165) is 54.6 Å². The van der Waals surface area contributed by atoms with Crippen molar-refractivity contribution in [3.8, 4) is 5.75 Å². The van der Waals surface area contributed by atoms with Crippen molar-refractivity contribution >= 4 is 11.0 Å². The Morgan fingerprint density at radius 1 is 1.26 bits per heavy atom. The van der Waals surface area contributed by atoms with Crippen LogP contribution in [0.3, 0.4) is 0 Å². The van der Waals surface area contributed by atoms with Crippen LogP contribution >= 0.6 is 0 Å². The number of hydrogen-bond acceptors (Lipinski definition) is 4. The zero-order valence-electron chi connectivity index (χ0n) is 13.9. The molecule has 0 amide bonds. The SMILES string of the molecule is CCc1cc(=O)oc2cc(C)cc(O[C@@]34CCCN(CC3)C4)c12. The van der Waals surface area contributed by atoms with E-state index in [1.807, 2.05) is 13.0 Å². The van der Waals surface area contributed by atoms with Crippen LogP contribution in [0.15, 0.2) is 27.4 Å². The number of aryl methyl sites for hydroxylation is 2. The molecule has 0 radical (unpaired) electrons. The van der Waals surface area contributed by atoms with Crippen molar-refractivity contribution in [2.75, 3.05) is 19.6 Å². The second kappa shape index (κ2) is 5.38. The van der Waals surface area contributed by atoms with Crippen LogP contribution in [0.4, 0.5) is 0 Å². The number of hydrogen-bond donors (Lipinski definition) is 0. The Hall–Kier alpha value is -1.81. The third kappa shape index (κ3) is 2.55. The number of fused-ring (bicyclic) bond motifs is 3. The van der Waals surface area contributed by atoms with Gasteiger partial charge in [-0.2, -0.15) is 0 Å². The summed E-state index contributed by atoms with van der Waals surface area (Å²) in [7, 11) is 0. The van der Waals surface area contributed by atoms with Crippen LogP contribution in [0, 0.1) is 6.92 Å². The van der Waals surface area contributed by atoms with Gasteiger partial charge in [0.1, 0.15) is 16.9 Å². The Morgan fingerprint density at radius 2 is 2.13 bits per heavy atom. The fourth-order valence-electron chi connectivity index (χ4n) is 4.14. The van der Waals surface area contributed by atoms with Gasteiger partial charge >= 0.3 is 5.63 Å². The molecule has 1 unspecified atom stereocenters. The minimum atomic E-state index is -0.284. The molecule has 2 saturated heterocycles. The molecule has 3 heterocycles. The molecule has 4 rings (SSSR count). The molecule has 4 heteroatoms. The summed E-state index contributed by atoms with van der Waals surface area (Å²) in [6.45, 7) is 7.41. The Bertz CT molecular complexity index is 806. The molecule has 2 aromatic rings. The van der Waals surface area contributed by atoms with E-state index in [-0.39, 0.29) is 11.2 Å². The third-order valence-electron chi connectivity index (χ3n) is 5.24. The molecule has 2 bridgehead atoms. The van der Waals surface area contributed by atoms with Crippen molar-refractivity contribution in [2.24, 2.45) is 0 Å². The molecule has 2 fully saturated rings. The predicted molar refractivity (Wildman–Crippen MR) is 90.2 cm³/mol. The maximum absolute atomic E-state index is 11.8. The van der Waals surface area contributed by atoms with Gasteiger partial charge in [-0.3, -0.25) is 4.90 Å². The van der Waals surface area contributed by atoms with Crippen LogP contribution in [-0.2, 0) is 6.42 Å². The predicted octanol–water partition coefficient (Wildman–Crippen LogP) is 3.28. The molecule has 1 aromatic heterocycles. The maximum atomic E-state index is 11.8. The standard InChI is InChI=1S/C19H23NO3/c1-3-14-11-17(21)22-15-9-13(2)10-16(18(14)15)23-19-5-4-7-20(12-19)8-6-19/h9-11H,3-8,12H2,1-2H3/t19-/m0/s1. The minimum Gasteiger partial charge on any atom is -0.485 e. The molecule has 2 aliphatic rings. The lowest BCUT2D eigenvalue weighted by molar-refractivity contribution is 0.0466. The molecule has 0 N–H and O–H groups in total. The second-order valence-electron chi connectivity index (χ2n) is 7.00. The first-order valence-corrected chi connectivity index (χ1v) is 8.57. The lowest BCUT2D eigenvalue weighted by Gasteiger charge is -2.35. The van der Waals surface area contributed by atoms with E-state index >= 15 is 0 Å². The first kappa shape index (κ1) is 14.8. The number of rotatable bonds is 3. The molecular weight excluding hydrogens is 290 g/mol. The van der Waals surface area contributed by atoms with Gasteiger partial charge in [-0.05, 0) is 56.0 Å². The highest BCUT2D eigenvalue weighted by Gasteiger charge is 2.43. The molecule has 1 aromatic carbocycles. The second-order valence-corrected chi connectivity index (χ2v) is 7.00. The van der Waals surface area contributed by atoms with E-state index in [2.05, 4.69) is 17.9 Å². The zero-order chi connectivity index (χ0) is 16.0. The van der Waals surface area contributed by atoms with Gasteiger partial charge < -0.3 is 9.15 Å². The average Bonchev–Trinajstić information content (AvgIpc) is 2.79.